The fourth-order valence-corrected chi connectivity index (χ4v) is 2.53. The maximum atomic E-state index is 11.5. The lowest BCUT2D eigenvalue weighted by Gasteiger charge is -2.08. The van der Waals surface area contributed by atoms with E-state index in [4.69, 9.17) is 5.26 Å². The van der Waals surface area contributed by atoms with E-state index in [1.165, 1.54) is 0 Å². The van der Waals surface area contributed by atoms with E-state index in [1.807, 2.05) is 31.2 Å². The lowest BCUT2D eigenvalue weighted by molar-refractivity contribution is 0.0686. The van der Waals surface area contributed by atoms with Crippen molar-refractivity contribution in [2.24, 2.45) is 0 Å². The lowest BCUT2D eigenvalue weighted by Crippen LogP contribution is -2.10. The van der Waals surface area contributed by atoms with Crippen molar-refractivity contribution < 1.29 is 9.90 Å². The van der Waals surface area contributed by atoms with Crippen molar-refractivity contribution in [1.82, 2.24) is 9.55 Å². The van der Waals surface area contributed by atoms with Crippen LogP contribution in [0.4, 0.5) is 0 Å². The van der Waals surface area contributed by atoms with Crippen LogP contribution in [0, 0.1) is 18.3 Å². The van der Waals surface area contributed by atoms with Crippen LogP contribution >= 0.6 is 0 Å². The highest BCUT2D eigenvalue weighted by Gasteiger charge is 2.15. The molecule has 1 N–H and O–H groups in total. The van der Waals surface area contributed by atoms with Gasteiger partial charge in [-0.15, -0.1) is 0 Å². The number of pyridine rings is 1. The average Bonchev–Trinajstić information content (AvgIpc) is 2.85. The zero-order valence-electron chi connectivity index (χ0n) is 11.9. The molecule has 0 atom stereocenters. The zero-order chi connectivity index (χ0) is 15.7. The molecule has 0 bridgehead atoms. The van der Waals surface area contributed by atoms with Gasteiger partial charge in [0.25, 0.3) is 0 Å². The summed E-state index contributed by atoms with van der Waals surface area (Å²) in [6.45, 7) is 2.28. The monoisotopic (exact) mass is 291 g/mol. The quantitative estimate of drug-likeness (QED) is 0.804. The Morgan fingerprint density at radius 2 is 2.14 bits per heavy atom. The first-order valence-corrected chi connectivity index (χ1v) is 6.77. The number of benzene rings is 1. The first kappa shape index (κ1) is 13.8. The summed E-state index contributed by atoms with van der Waals surface area (Å²) in [5, 5.41) is 19.2. The predicted molar refractivity (Wildman–Crippen MR) is 81.7 cm³/mol. The van der Waals surface area contributed by atoms with Crippen molar-refractivity contribution >= 4 is 16.9 Å². The molecule has 3 aromatic rings. The molecule has 5 nitrogen and oxygen atoms in total. The van der Waals surface area contributed by atoms with E-state index in [-0.39, 0.29) is 5.69 Å². The second-order valence-corrected chi connectivity index (χ2v) is 5.11. The second-order valence-electron chi connectivity index (χ2n) is 5.11. The number of nitrogens with zero attached hydrogens (tertiary/aromatic N) is 3. The van der Waals surface area contributed by atoms with Gasteiger partial charge in [-0.3, -0.25) is 0 Å². The van der Waals surface area contributed by atoms with Crippen LogP contribution in [-0.4, -0.2) is 20.6 Å². The molecule has 0 aliphatic carbocycles. The number of carboxylic acids is 1. The van der Waals surface area contributed by atoms with Gasteiger partial charge >= 0.3 is 5.97 Å². The summed E-state index contributed by atoms with van der Waals surface area (Å²) >= 11 is 0. The van der Waals surface area contributed by atoms with E-state index in [0.29, 0.717) is 17.9 Å². The van der Waals surface area contributed by atoms with Gasteiger partial charge in [0.2, 0.25) is 0 Å². The molecule has 108 valence electrons. The summed E-state index contributed by atoms with van der Waals surface area (Å²) in [5.74, 6) is -0.981. The Labute approximate surface area is 127 Å². The topological polar surface area (TPSA) is 78.9 Å². The highest BCUT2D eigenvalue weighted by atomic mass is 16.4. The molecular weight excluding hydrogens is 278 g/mol. The zero-order valence-corrected chi connectivity index (χ0v) is 11.9. The molecule has 0 saturated carbocycles. The fourth-order valence-electron chi connectivity index (χ4n) is 2.53. The molecule has 22 heavy (non-hydrogen) atoms. The first-order chi connectivity index (χ1) is 10.6. The summed E-state index contributed by atoms with van der Waals surface area (Å²) in [6, 6.07) is 14.6. The molecule has 2 aromatic heterocycles. The molecule has 0 amide bonds. The van der Waals surface area contributed by atoms with Gasteiger partial charge in [0.15, 0.2) is 0 Å². The van der Waals surface area contributed by atoms with Crippen LogP contribution in [0.3, 0.4) is 0 Å². The molecule has 0 aliphatic heterocycles. The number of hydrogen-bond donors (Lipinski definition) is 1. The SMILES string of the molecule is Cc1ccc2c(c1)cc(C(=O)O)n2Cc1cccc(C#N)n1. The number of aromatic carboxylic acids is 1. The molecule has 0 unspecified atom stereocenters. The Balaban J connectivity index is 2.14. The average molecular weight is 291 g/mol. The third kappa shape index (κ3) is 2.42. The molecule has 3 rings (SSSR count). The standard InChI is InChI=1S/C17H13N3O2/c1-11-5-6-15-12(7-11)8-16(17(21)22)20(15)10-14-4-2-3-13(9-18)19-14/h2-8H,10H2,1H3,(H,21,22). The number of carboxylic acid groups (broad SMARTS) is 1. The van der Waals surface area contributed by atoms with Crippen LogP contribution in [0.2, 0.25) is 0 Å². The van der Waals surface area contributed by atoms with E-state index in [0.717, 1.165) is 16.5 Å². The van der Waals surface area contributed by atoms with E-state index in [9.17, 15) is 9.90 Å². The summed E-state index contributed by atoms with van der Waals surface area (Å²) in [6.07, 6.45) is 0. The van der Waals surface area contributed by atoms with E-state index >= 15 is 0 Å². The number of nitriles is 1. The van der Waals surface area contributed by atoms with Crippen LogP contribution in [-0.2, 0) is 6.54 Å². The van der Waals surface area contributed by atoms with Gasteiger partial charge in [0, 0.05) is 10.9 Å². The van der Waals surface area contributed by atoms with Crippen molar-refractivity contribution in [3.8, 4) is 6.07 Å². The fraction of sp³-hybridized carbons (Fsp3) is 0.118. The van der Waals surface area contributed by atoms with E-state index in [1.54, 1.807) is 28.8 Å². The highest BCUT2D eigenvalue weighted by Crippen LogP contribution is 2.22. The van der Waals surface area contributed by atoms with Crippen LogP contribution in [0.1, 0.15) is 27.4 Å². The normalized spacial score (nSPS) is 10.5. The van der Waals surface area contributed by atoms with Gasteiger partial charge in [0.05, 0.1) is 12.2 Å². The number of hydrogen-bond acceptors (Lipinski definition) is 3. The van der Waals surface area contributed by atoms with Gasteiger partial charge in [-0.1, -0.05) is 17.7 Å². The second kappa shape index (κ2) is 5.34. The number of rotatable bonds is 3. The molecule has 5 heteroatoms. The van der Waals surface area contributed by atoms with Crippen LogP contribution in [0.15, 0.2) is 42.5 Å². The molecule has 0 spiro atoms. The minimum absolute atomic E-state index is 0.213. The van der Waals surface area contributed by atoms with Gasteiger partial charge in [-0.25, -0.2) is 9.78 Å². The van der Waals surface area contributed by atoms with Crippen LogP contribution < -0.4 is 0 Å². The Bertz CT molecular complexity index is 919. The maximum absolute atomic E-state index is 11.5. The molecule has 0 fully saturated rings. The molecule has 0 saturated heterocycles. The number of carbonyl (C=O) groups is 1. The van der Waals surface area contributed by atoms with E-state index in [2.05, 4.69) is 4.98 Å². The summed E-state index contributed by atoms with van der Waals surface area (Å²) in [4.78, 5) is 15.7. The molecule has 0 radical (unpaired) electrons. The molecular formula is C17H13N3O2. The Morgan fingerprint density at radius 1 is 1.32 bits per heavy atom. The van der Waals surface area contributed by atoms with Gasteiger partial charge < -0.3 is 9.67 Å². The Hall–Kier alpha value is -3.13. The van der Waals surface area contributed by atoms with Crippen molar-refractivity contribution in [2.45, 2.75) is 13.5 Å². The minimum Gasteiger partial charge on any atom is -0.477 e. The predicted octanol–water partition coefficient (Wildman–Crippen LogP) is 2.96. The lowest BCUT2D eigenvalue weighted by atomic mass is 10.2. The first-order valence-electron chi connectivity index (χ1n) is 6.77. The number of aryl methyl sites for hydroxylation is 1. The third-order valence-corrected chi connectivity index (χ3v) is 3.52. The van der Waals surface area contributed by atoms with E-state index < -0.39 is 5.97 Å². The largest absolute Gasteiger partial charge is 0.477 e. The van der Waals surface area contributed by atoms with Crippen molar-refractivity contribution in [2.75, 3.05) is 0 Å². The minimum atomic E-state index is -0.981. The van der Waals surface area contributed by atoms with Gasteiger partial charge in [-0.05, 0) is 37.3 Å². The number of fused-ring (bicyclic) bond motifs is 1. The summed E-state index contributed by atoms with van der Waals surface area (Å²) < 4.78 is 1.71. The highest BCUT2D eigenvalue weighted by molar-refractivity contribution is 5.94. The van der Waals surface area contributed by atoms with Gasteiger partial charge in [-0.2, -0.15) is 5.26 Å². The van der Waals surface area contributed by atoms with Crippen molar-refractivity contribution in [3.05, 3.63) is 65.1 Å². The van der Waals surface area contributed by atoms with Crippen LogP contribution in [0.25, 0.3) is 10.9 Å². The number of aromatic nitrogens is 2. The van der Waals surface area contributed by atoms with Gasteiger partial charge in [0.1, 0.15) is 17.5 Å². The molecule has 1 aromatic carbocycles. The summed E-state index contributed by atoms with van der Waals surface area (Å²) in [7, 11) is 0. The third-order valence-electron chi connectivity index (χ3n) is 3.52. The molecule has 0 aliphatic rings. The Morgan fingerprint density at radius 3 is 2.86 bits per heavy atom. The van der Waals surface area contributed by atoms with Crippen molar-refractivity contribution in [3.63, 3.8) is 0 Å². The molecule has 2 heterocycles. The van der Waals surface area contributed by atoms with Crippen molar-refractivity contribution in [1.29, 1.82) is 5.26 Å². The maximum Gasteiger partial charge on any atom is 0.352 e. The van der Waals surface area contributed by atoms with Crippen LogP contribution in [0.5, 0.6) is 0 Å². The smallest absolute Gasteiger partial charge is 0.352 e. The summed E-state index contributed by atoms with van der Waals surface area (Å²) in [5.41, 5.74) is 3.10. The Kier molecular flexibility index (Phi) is 3.36.